The number of nitrogens with one attached hydrogen (secondary N) is 2. The van der Waals surface area contributed by atoms with Gasteiger partial charge in [0.2, 0.25) is 5.69 Å². The molecule has 0 aliphatic rings. The van der Waals surface area contributed by atoms with Gasteiger partial charge in [-0.1, -0.05) is 5.21 Å². The highest BCUT2D eigenvalue weighted by Gasteiger charge is 2.12. The molecule has 0 atom stereocenters. The van der Waals surface area contributed by atoms with Gasteiger partial charge in [0.1, 0.15) is 23.0 Å². The van der Waals surface area contributed by atoms with Gasteiger partial charge in [0.15, 0.2) is 0 Å². The number of carbonyl (C=O) groups is 1. The minimum Gasteiger partial charge on any atom is -0.504 e. The average Bonchev–Trinajstić information content (AvgIpc) is 3.50. The van der Waals surface area contributed by atoms with E-state index in [1.54, 1.807) is 97.1 Å². The second-order valence-corrected chi connectivity index (χ2v) is 8.56. The molecule has 0 saturated carbocycles. The molecule has 0 aliphatic carbocycles. The van der Waals surface area contributed by atoms with Gasteiger partial charge in [-0.2, -0.15) is 0 Å². The highest BCUT2D eigenvalue weighted by molar-refractivity contribution is 5.99. The molecule has 0 aliphatic heterocycles. The molecule has 3 aromatic carbocycles. The summed E-state index contributed by atoms with van der Waals surface area (Å²) in [6.07, 6.45) is 5.77. The lowest BCUT2D eigenvalue weighted by molar-refractivity contribution is 0.262. The molecular formula is C29H25N7O4. The van der Waals surface area contributed by atoms with E-state index in [2.05, 4.69) is 30.8 Å². The first-order valence-electron chi connectivity index (χ1n) is 12.4. The summed E-state index contributed by atoms with van der Waals surface area (Å²) in [6.45, 7) is 8.71. The highest BCUT2D eigenvalue weighted by Crippen LogP contribution is 2.37. The molecule has 0 bridgehead atoms. The van der Waals surface area contributed by atoms with Gasteiger partial charge in [0.05, 0.1) is 32.0 Å². The lowest BCUT2D eigenvalue weighted by Gasteiger charge is -2.13. The van der Waals surface area contributed by atoms with Crippen molar-refractivity contribution in [3.05, 3.63) is 96.7 Å². The number of urea groups is 1. The van der Waals surface area contributed by atoms with Crippen LogP contribution in [0.1, 0.15) is 6.42 Å². The van der Waals surface area contributed by atoms with Crippen molar-refractivity contribution in [1.82, 2.24) is 20.0 Å². The zero-order chi connectivity index (χ0) is 27.7. The van der Waals surface area contributed by atoms with Crippen molar-refractivity contribution in [3.8, 4) is 23.0 Å². The number of benzene rings is 3. The van der Waals surface area contributed by atoms with E-state index in [0.717, 1.165) is 0 Å². The summed E-state index contributed by atoms with van der Waals surface area (Å²) in [6, 6.07) is 18.8. The predicted octanol–water partition coefficient (Wildman–Crippen LogP) is 6.29. The van der Waals surface area contributed by atoms with E-state index in [4.69, 9.17) is 20.8 Å². The summed E-state index contributed by atoms with van der Waals surface area (Å²) in [7, 11) is 1.58. The Kier molecular flexibility index (Phi) is 7.98. The molecule has 2 heterocycles. The van der Waals surface area contributed by atoms with E-state index in [0.29, 0.717) is 70.5 Å². The van der Waals surface area contributed by atoms with Gasteiger partial charge in [0, 0.05) is 42.1 Å². The summed E-state index contributed by atoms with van der Waals surface area (Å²) in [5.74, 6) is 2.28. The van der Waals surface area contributed by atoms with Gasteiger partial charge in [-0.3, -0.25) is 9.67 Å². The van der Waals surface area contributed by atoms with Crippen LogP contribution in [0.2, 0.25) is 0 Å². The number of methoxy groups -OCH3 is 1. The molecule has 0 unspecified atom stereocenters. The van der Waals surface area contributed by atoms with Gasteiger partial charge < -0.3 is 24.8 Å². The quantitative estimate of drug-likeness (QED) is 0.159. The molecule has 0 spiro atoms. The maximum absolute atomic E-state index is 12.4. The van der Waals surface area contributed by atoms with Gasteiger partial charge >= 0.3 is 6.03 Å². The van der Waals surface area contributed by atoms with Crippen molar-refractivity contribution in [3.63, 3.8) is 0 Å². The number of amides is 2. The standard InChI is InChI=1S/C29H25N7O4/c1-30-26-18-24-25(19-28(26)39-17-3-15-36-16-14-32-35-36)31-13-12-27(24)40-23-10-6-21(7-11-23)34-29(37)33-20-4-8-22(38-2)9-5-20/h4-14,16,18-19H,3,15,17H2,2H3,(H2,33,34,37). The first-order valence-corrected chi connectivity index (χ1v) is 12.4. The number of pyridine rings is 1. The smallest absolute Gasteiger partial charge is 0.323 e. The van der Waals surface area contributed by atoms with Crippen LogP contribution in [-0.4, -0.2) is 39.7 Å². The number of carbonyl (C=O) groups excluding carboxylic acids is 1. The Morgan fingerprint density at radius 1 is 0.950 bits per heavy atom. The minimum atomic E-state index is -0.373. The zero-order valence-electron chi connectivity index (χ0n) is 21.6. The molecule has 11 heteroatoms. The number of fused-ring (bicyclic) bond motifs is 1. The third-order valence-electron chi connectivity index (χ3n) is 5.85. The number of aryl methyl sites for hydroxylation is 1. The Labute approximate surface area is 230 Å². The molecule has 0 fully saturated rings. The van der Waals surface area contributed by atoms with Crippen LogP contribution in [0.3, 0.4) is 0 Å². The molecule has 2 amide bonds. The average molecular weight is 536 g/mol. The summed E-state index contributed by atoms with van der Waals surface area (Å²) >= 11 is 0. The first kappa shape index (κ1) is 26.0. The number of rotatable bonds is 10. The molecule has 0 radical (unpaired) electrons. The second-order valence-electron chi connectivity index (χ2n) is 8.56. The number of aromatic nitrogens is 4. The second kappa shape index (κ2) is 12.3. The van der Waals surface area contributed by atoms with Crippen LogP contribution in [0.4, 0.5) is 21.9 Å². The molecule has 2 aromatic heterocycles. The molecule has 200 valence electrons. The van der Waals surface area contributed by atoms with E-state index in [9.17, 15) is 4.79 Å². The minimum absolute atomic E-state index is 0.369. The number of anilines is 2. The third kappa shape index (κ3) is 6.43. The van der Waals surface area contributed by atoms with Crippen molar-refractivity contribution >= 4 is 34.0 Å². The van der Waals surface area contributed by atoms with Crippen molar-refractivity contribution in [2.45, 2.75) is 13.0 Å². The molecule has 11 nitrogen and oxygen atoms in total. The maximum atomic E-state index is 12.4. The SMILES string of the molecule is [C-]#[N+]c1cc2c(Oc3ccc(NC(=O)Nc4ccc(OC)cc4)cc3)ccnc2cc1OCCCn1ccnn1. The molecular weight excluding hydrogens is 510 g/mol. The van der Waals surface area contributed by atoms with Crippen LogP contribution in [0.15, 0.2) is 85.3 Å². The predicted molar refractivity (Wildman–Crippen MR) is 150 cm³/mol. The maximum Gasteiger partial charge on any atom is 0.323 e. The van der Waals surface area contributed by atoms with Gasteiger partial charge in [-0.05, 0) is 66.7 Å². The summed E-state index contributed by atoms with van der Waals surface area (Å²) < 4.78 is 18.8. The van der Waals surface area contributed by atoms with E-state index in [-0.39, 0.29) is 6.03 Å². The van der Waals surface area contributed by atoms with Crippen molar-refractivity contribution in [2.75, 3.05) is 24.4 Å². The van der Waals surface area contributed by atoms with Gasteiger partial charge in [-0.15, -0.1) is 5.10 Å². The Morgan fingerprint density at radius 3 is 2.33 bits per heavy atom. The molecule has 2 N–H and O–H groups in total. The van der Waals surface area contributed by atoms with Crippen molar-refractivity contribution in [2.24, 2.45) is 0 Å². The normalized spacial score (nSPS) is 10.5. The summed E-state index contributed by atoms with van der Waals surface area (Å²) in [4.78, 5) is 20.4. The lowest BCUT2D eigenvalue weighted by Crippen LogP contribution is -2.19. The van der Waals surface area contributed by atoms with E-state index in [1.807, 2.05) is 0 Å². The zero-order valence-corrected chi connectivity index (χ0v) is 21.6. The Bertz CT molecular complexity index is 1630. The Hall–Kier alpha value is -5.63. The van der Waals surface area contributed by atoms with Crippen molar-refractivity contribution in [1.29, 1.82) is 0 Å². The van der Waals surface area contributed by atoms with Crippen LogP contribution in [0, 0.1) is 6.57 Å². The monoisotopic (exact) mass is 535 g/mol. The van der Waals surface area contributed by atoms with Gasteiger partial charge in [-0.25, -0.2) is 9.64 Å². The highest BCUT2D eigenvalue weighted by atomic mass is 16.5. The van der Waals surface area contributed by atoms with Gasteiger partial charge in [0.25, 0.3) is 0 Å². The number of hydrogen-bond acceptors (Lipinski definition) is 7. The largest absolute Gasteiger partial charge is 0.504 e. The number of nitrogens with zero attached hydrogens (tertiary/aromatic N) is 5. The molecule has 5 aromatic rings. The molecule has 40 heavy (non-hydrogen) atoms. The van der Waals surface area contributed by atoms with E-state index >= 15 is 0 Å². The fourth-order valence-electron chi connectivity index (χ4n) is 3.89. The van der Waals surface area contributed by atoms with E-state index in [1.165, 1.54) is 0 Å². The fourth-order valence-corrected chi connectivity index (χ4v) is 3.89. The number of ether oxygens (including phenoxy) is 3. The summed E-state index contributed by atoms with van der Waals surface area (Å²) in [5.41, 5.74) is 2.25. The number of hydrogen-bond donors (Lipinski definition) is 2. The van der Waals surface area contributed by atoms with Crippen LogP contribution < -0.4 is 24.8 Å². The Morgan fingerprint density at radius 2 is 1.68 bits per heavy atom. The third-order valence-corrected chi connectivity index (χ3v) is 5.85. The lowest BCUT2D eigenvalue weighted by atomic mass is 10.1. The van der Waals surface area contributed by atoms with Crippen LogP contribution >= 0.6 is 0 Å². The molecule has 0 saturated heterocycles. The topological polar surface area (TPSA) is 117 Å². The fraction of sp³-hybridized carbons (Fsp3) is 0.138. The van der Waals surface area contributed by atoms with Crippen molar-refractivity contribution < 1.29 is 19.0 Å². The Balaban J connectivity index is 1.22. The van der Waals surface area contributed by atoms with Crippen LogP contribution in [-0.2, 0) is 6.54 Å². The first-order chi connectivity index (χ1) is 19.6. The van der Waals surface area contributed by atoms with Crippen LogP contribution in [0.5, 0.6) is 23.0 Å². The van der Waals surface area contributed by atoms with Crippen LogP contribution in [0.25, 0.3) is 15.7 Å². The summed E-state index contributed by atoms with van der Waals surface area (Å²) in [5, 5.41) is 14.0. The van der Waals surface area contributed by atoms with E-state index < -0.39 is 0 Å². The molecule has 5 rings (SSSR count).